The maximum Gasteiger partial charge on any atom is 0.331 e. The molecule has 15 nitrogen and oxygen atoms in total. The number of aliphatic hydroxyl groups is 8. The molecule has 4 aliphatic carbocycles. The van der Waals surface area contributed by atoms with E-state index in [9.17, 15) is 50.4 Å². The molecule has 2 saturated heterocycles. The molecule has 8 N–H and O–H groups in total. The minimum atomic E-state index is -1.77. The summed E-state index contributed by atoms with van der Waals surface area (Å²) in [6, 6.07) is 0. The van der Waals surface area contributed by atoms with Crippen molar-refractivity contribution in [1.29, 1.82) is 0 Å². The summed E-state index contributed by atoms with van der Waals surface area (Å²) in [5, 5.41) is 87.2. The Bertz CT molecular complexity index is 1340. The molecule has 7 rings (SSSR count). The van der Waals surface area contributed by atoms with Gasteiger partial charge in [0.25, 0.3) is 0 Å². The van der Waals surface area contributed by atoms with Crippen LogP contribution in [0.4, 0.5) is 0 Å². The van der Waals surface area contributed by atoms with Gasteiger partial charge in [-0.1, -0.05) is 6.92 Å². The molecular formula is C35H52O15. The molecule has 0 aromatic heterocycles. The van der Waals surface area contributed by atoms with Crippen molar-refractivity contribution in [2.45, 2.75) is 150 Å². The number of carbonyl (C=O) groups is 2. The van der Waals surface area contributed by atoms with Crippen LogP contribution in [0.15, 0.2) is 11.6 Å². The van der Waals surface area contributed by atoms with Gasteiger partial charge < -0.3 is 69.3 Å². The van der Waals surface area contributed by atoms with E-state index < -0.39 is 96.2 Å². The molecule has 0 radical (unpaired) electrons. The van der Waals surface area contributed by atoms with E-state index in [2.05, 4.69) is 6.92 Å². The maximum atomic E-state index is 13.2. The smallest absolute Gasteiger partial charge is 0.331 e. The van der Waals surface area contributed by atoms with Crippen LogP contribution in [0.3, 0.4) is 0 Å². The Balaban J connectivity index is 1.09. The van der Waals surface area contributed by atoms with Gasteiger partial charge in [0.05, 0.1) is 35.4 Å². The minimum absolute atomic E-state index is 0.0121. The number of hydrogen-bond donors (Lipinski definition) is 8. The molecule has 18 unspecified atom stereocenters. The largest absolute Gasteiger partial charge is 0.458 e. The first-order valence-corrected chi connectivity index (χ1v) is 18.0. The number of esters is 1. The minimum Gasteiger partial charge on any atom is -0.458 e. The number of fused-ring (bicyclic) bond motifs is 5. The molecule has 282 valence electrons. The van der Waals surface area contributed by atoms with Crippen molar-refractivity contribution in [2.24, 2.45) is 28.6 Å². The zero-order valence-electron chi connectivity index (χ0n) is 28.5. The lowest BCUT2D eigenvalue weighted by atomic mass is 9.41. The van der Waals surface area contributed by atoms with Crippen molar-refractivity contribution < 1.29 is 74.1 Å². The van der Waals surface area contributed by atoms with Crippen molar-refractivity contribution in [1.82, 2.24) is 0 Å². The number of aliphatic hydroxyl groups excluding tert-OH is 6. The Kier molecular flexibility index (Phi) is 9.60. The molecule has 7 aliphatic rings. The monoisotopic (exact) mass is 712 g/mol. The Hall–Kier alpha value is -1.60. The summed E-state index contributed by atoms with van der Waals surface area (Å²) < 4.78 is 28.8. The summed E-state index contributed by atoms with van der Waals surface area (Å²) in [6.07, 6.45) is -9.13. The van der Waals surface area contributed by atoms with Gasteiger partial charge in [0, 0.05) is 17.9 Å². The summed E-state index contributed by atoms with van der Waals surface area (Å²) >= 11 is 0. The quantitative estimate of drug-likeness (QED) is 0.0858. The topological polar surface area (TPSA) is 242 Å². The average Bonchev–Trinajstić information content (AvgIpc) is 3.64. The third kappa shape index (κ3) is 5.37. The van der Waals surface area contributed by atoms with Gasteiger partial charge >= 0.3 is 5.97 Å². The van der Waals surface area contributed by atoms with Gasteiger partial charge in [-0.3, -0.25) is 0 Å². The summed E-state index contributed by atoms with van der Waals surface area (Å²) in [5.41, 5.74) is -3.30. The molecule has 0 spiro atoms. The Morgan fingerprint density at radius 3 is 2.28 bits per heavy atom. The van der Waals surface area contributed by atoms with E-state index in [0.29, 0.717) is 38.5 Å². The second kappa shape index (κ2) is 13.1. The molecule has 15 heteroatoms. The van der Waals surface area contributed by atoms with Gasteiger partial charge in [-0.15, -0.1) is 0 Å². The van der Waals surface area contributed by atoms with Gasteiger partial charge in [0.2, 0.25) is 0 Å². The van der Waals surface area contributed by atoms with E-state index in [0.717, 1.165) is 11.9 Å². The fourth-order valence-electron chi connectivity index (χ4n) is 11.2. The standard InChI is InChI=1S/C35H52O15/c1-16-24(39)27(42)29(50-30-28(43)26(41)25(40)22(13-36)49-30)31(47-16)48-18-3-8-33(15-37)20-4-7-32(2)19(17-11-23(38)46-14-17)6-10-35(32,45)21(20)5-9-34(33,44)12-18/h11,15-16,18-22,24-31,36,39-45H,3-10,12-14H2,1-2H3. The molecule has 3 heterocycles. The molecule has 0 aromatic carbocycles. The van der Waals surface area contributed by atoms with Gasteiger partial charge in [-0.05, 0) is 81.6 Å². The fourth-order valence-corrected chi connectivity index (χ4v) is 11.2. The van der Waals surface area contributed by atoms with Crippen LogP contribution in [0, 0.1) is 28.6 Å². The van der Waals surface area contributed by atoms with E-state index in [-0.39, 0.29) is 49.6 Å². The molecule has 0 amide bonds. The predicted molar refractivity (Wildman–Crippen MR) is 167 cm³/mol. The zero-order chi connectivity index (χ0) is 36.0. The van der Waals surface area contributed by atoms with E-state index in [1.807, 2.05) is 0 Å². The molecule has 3 aliphatic heterocycles. The van der Waals surface area contributed by atoms with E-state index in [4.69, 9.17) is 23.7 Å². The molecule has 4 saturated carbocycles. The highest BCUT2D eigenvalue weighted by Gasteiger charge is 2.71. The molecule has 6 fully saturated rings. The van der Waals surface area contributed by atoms with Crippen molar-refractivity contribution in [3.8, 4) is 0 Å². The van der Waals surface area contributed by atoms with Crippen LogP contribution in [0.5, 0.6) is 0 Å². The third-order valence-corrected chi connectivity index (χ3v) is 14.1. The van der Waals surface area contributed by atoms with Crippen LogP contribution in [0.2, 0.25) is 0 Å². The normalized spacial score (nSPS) is 55.0. The van der Waals surface area contributed by atoms with Crippen LogP contribution < -0.4 is 0 Å². The van der Waals surface area contributed by atoms with Crippen LogP contribution in [-0.4, -0.2) is 145 Å². The SMILES string of the molecule is CC1OC(OC2CCC3(C=O)C4CCC5(C)C(C6=CC(=O)OC6)CCC5(O)C4CCC3(O)C2)C(OC2OC(CO)C(O)C(O)C2O)C(O)C1O. The first-order chi connectivity index (χ1) is 23.6. The first-order valence-electron chi connectivity index (χ1n) is 18.0. The number of cyclic esters (lactones) is 1. The van der Waals surface area contributed by atoms with Crippen molar-refractivity contribution >= 4 is 12.3 Å². The van der Waals surface area contributed by atoms with Crippen LogP contribution in [0.25, 0.3) is 0 Å². The highest BCUT2D eigenvalue weighted by Crippen LogP contribution is 2.70. The predicted octanol–water partition coefficient (Wildman–Crippen LogP) is -1.43. The summed E-state index contributed by atoms with van der Waals surface area (Å²) in [5.74, 6) is -0.887. The summed E-state index contributed by atoms with van der Waals surface area (Å²) in [7, 11) is 0. The Morgan fingerprint density at radius 1 is 0.860 bits per heavy atom. The van der Waals surface area contributed by atoms with E-state index >= 15 is 0 Å². The zero-order valence-corrected chi connectivity index (χ0v) is 28.5. The maximum absolute atomic E-state index is 13.2. The van der Waals surface area contributed by atoms with Crippen molar-refractivity contribution in [2.75, 3.05) is 13.2 Å². The molecule has 50 heavy (non-hydrogen) atoms. The van der Waals surface area contributed by atoms with Crippen molar-refractivity contribution in [3.05, 3.63) is 11.6 Å². The Morgan fingerprint density at radius 2 is 1.60 bits per heavy atom. The summed E-state index contributed by atoms with van der Waals surface area (Å²) in [6.45, 7) is 3.16. The van der Waals surface area contributed by atoms with Crippen LogP contribution in [-0.2, 0) is 33.3 Å². The molecule has 18 atom stereocenters. The molecule has 0 bridgehead atoms. The fraction of sp³-hybridized carbons (Fsp3) is 0.886. The van der Waals surface area contributed by atoms with Gasteiger partial charge in [-0.25, -0.2) is 4.79 Å². The van der Waals surface area contributed by atoms with Gasteiger partial charge in [0.1, 0.15) is 55.6 Å². The molecular weight excluding hydrogens is 660 g/mol. The number of rotatable bonds is 7. The number of aldehydes is 1. The average molecular weight is 713 g/mol. The number of hydrogen-bond acceptors (Lipinski definition) is 15. The van der Waals surface area contributed by atoms with Crippen molar-refractivity contribution in [3.63, 3.8) is 0 Å². The second-order valence-electron chi connectivity index (χ2n) is 16.2. The van der Waals surface area contributed by atoms with Crippen LogP contribution >= 0.6 is 0 Å². The highest BCUT2D eigenvalue weighted by atomic mass is 16.8. The van der Waals surface area contributed by atoms with Gasteiger partial charge in [-0.2, -0.15) is 0 Å². The lowest BCUT2D eigenvalue weighted by Crippen LogP contribution is -2.69. The molecule has 0 aromatic rings. The third-order valence-electron chi connectivity index (χ3n) is 14.1. The number of ether oxygens (including phenoxy) is 5. The summed E-state index contributed by atoms with van der Waals surface area (Å²) in [4.78, 5) is 25.1. The Labute approximate surface area is 290 Å². The highest BCUT2D eigenvalue weighted by molar-refractivity contribution is 5.85. The van der Waals surface area contributed by atoms with E-state index in [1.54, 1.807) is 6.08 Å². The van der Waals surface area contributed by atoms with E-state index in [1.165, 1.54) is 6.92 Å². The van der Waals surface area contributed by atoms with Gasteiger partial charge in [0.15, 0.2) is 12.6 Å². The second-order valence-corrected chi connectivity index (χ2v) is 16.2. The van der Waals surface area contributed by atoms with Crippen LogP contribution in [0.1, 0.15) is 71.6 Å². The first kappa shape index (κ1) is 36.7. The lowest BCUT2D eigenvalue weighted by molar-refractivity contribution is -0.372. The number of carbonyl (C=O) groups excluding carboxylic acids is 2. The lowest BCUT2D eigenvalue weighted by Gasteiger charge is -2.65.